The molecule has 6 nitrogen and oxygen atoms in total. The molecular weight excluding hydrogens is 272 g/mol. The molecule has 1 aliphatic heterocycles. The molecule has 1 aromatic heterocycles. The third-order valence-electron chi connectivity index (χ3n) is 3.07. The minimum Gasteiger partial charge on any atom is -0.330 e. The SMILES string of the molecule is NCC1CCCN(S(=O)(=O)NCc2cscn2)C1. The normalized spacial score (nSPS) is 22.2. The molecule has 2 rings (SSSR count). The molecule has 1 atom stereocenters. The molecule has 1 aromatic rings. The Morgan fingerprint density at radius 1 is 1.61 bits per heavy atom. The molecule has 0 bridgehead atoms. The summed E-state index contributed by atoms with van der Waals surface area (Å²) in [5.41, 5.74) is 8.05. The van der Waals surface area contributed by atoms with Crippen molar-refractivity contribution in [1.29, 1.82) is 0 Å². The molecule has 0 saturated carbocycles. The number of hydrogen-bond acceptors (Lipinski definition) is 5. The fraction of sp³-hybridized carbons (Fsp3) is 0.700. The molecule has 1 saturated heterocycles. The van der Waals surface area contributed by atoms with Crippen molar-refractivity contribution in [2.24, 2.45) is 11.7 Å². The molecule has 102 valence electrons. The highest BCUT2D eigenvalue weighted by atomic mass is 32.2. The van der Waals surface area contributed by atoms with E-state index in [9.17, 15) is 8.42 Å². The van der Waals surface area contributed by atoms with E-state index in [1.807, 2.05) is 5.38 Å². The Bertz CT molecular complexity index is 460. The van der Waals surface area contributed by atoms with Gasteiger partial charge in [0, 0.05) is 18.5 Å². The van der Waals surface area contributed by atoms with Crippen molar-refractivity contribution in [3.63, 3.8) is 0 Å². The van der Waals surface area contributed by atoms with Gasteiger partial charge in [-0.3, -0.25) is 0 Å². The maximum Gasteiger partial charge on any atom is 0.279 e. The molecule has 3 N–H and O–H groups in total. The number of hydrogen-bond donors (Lipinski definition) is 2. The summed E-state index contributed by atoms with van der Waals surface area (Å²) in [6, 6.07) is 0. The molecular formula is C10H18N4O2S2. The van der Waals surface area contributed by atoms with Crippen molar-refractivity contribution >= 4 is 21.5 Å². The summed E-state index contributed by atoms with van der Waals surface area (Å²) >= 11 is 1.45. The number of piperidine rings is 1. The minimum atomic E-state index is -3.41. The molecule has 2 heterocycles. The molecule has 0 aliphatic carbocycles. The second-order valence-corrected chi connectivity index (χ2v) is 6.88. The molecule has 18 heavy (non-hydrogen) atoms. The van der Waals surface area contributed by atoms with Gasteiger partial charge in [-0.05, 0) is 25.3 Å². The van der Waals surface area contributed by atoms with Gasteiger partial charge in [-0.2, -0.15) is 17.4 Å². The summed E-state index contributed by atoms with van der Waals surface area (Å²) in [5, 5.41) is 1.83. The fourth-order valence-electron chi connectivity index (χ4n) is 2.02. The highest BCUT2D eigenvalue weighted by molar-refractivity contribution is 7.87. The van der Waals surface area contributed by atoms with Gasteiger partial charge >= 0.3 is 0 Å². The van der Waals surface area contributed by atoms with Crippen molar-refractivity contribution in [2.75, 3.05) is 19.6 Å². The van der Waals surface area contributed by atoms with E-state index in [0.29, 0.717) is 19.6 Å². The Labute approximate surface area is 111 Å². The van der Waals surface area contributed by atoms with Crippen LogP contribution in [0.15, 0.2) is 10.9 Å². The molecule has 0 amide bonds. The van der Waals surface area contributed by atoms with Crippen LogP contribution in [-0.4, -0.2) is 37.3 Å². The van der Waals surface area contributed by atoms with Crippen LogP contribution in [0.4, 0.5) is 0 Å². The van der Waals surface area contributed by atoms with Crippen LogP contribution in [0.5, 0.6) is 0 Å². The number of rotatable bonds is 5. The first kappa shape index (κ1) is 13.9. The lowest BCUT2D eigenvalue weighted by Crippen LogP contribution is -2.47. The van der Waals surface area contributed by atoms with Crippen LogP contribution in [0.25, 0.3) is 0 Å². The first-order chi connectivity index (χ1) is 8.62. The number of nitrogens with two attached hydrogens (primary N) is 1. The largest absolute Gasteiger partial charge is 0.330 e. The average Bonchev–Trinajstić information content (AvgIpc) is 2.90. The van der Waals surface area contributed by atoms with Crippen LogP contribution in [0.2, 0.25) is 0 Å². The van der Waals surface area contributed by atoms with Gasteiger partial charge in [0.25, 0.3) is 10.2 Å². The van der Waals surface area contributed by atoms with Gasteiger partial charge in [0.1, 0.15) is 0 Å². The van der Waals surface area contributed by atoms with Gasteiger partial charge in [-0.1, -0.05) is 0 Å². The van der Waals surface area contributed by atoms with Gasteiger partial charge < -0.3 is 5.73 Å². The molecule has 1 aliphatic rings. The van der Waals surface area contributed by atoms with E-state index >= 15 is 0 Å². The number of thiazole rings is 1. The van der Waals surface area contributed by atoms with Gasteiger partial charge in [0.2, 0.25) is 0 Å². The van der Waals surface area contributed by atoms with Crippen LogP contribution in [0.3, 0.4) is 0 Å². The van der Waals surface area contributed by atoms with E-state index in [4.69, 9.17) is 5.73 Å². The topological polar surface area (TPSA) is 88.3 Å². The Kier molecular flexibility index (Phi) is 4.68. The molecule has 1 fully saturated rings. The maximum atomic E-state index is 12.1. The maximum absolute atomic E-state index is 12.1. The lowest BCUT2D eigenvalue weighted by molar-refractivity contribution is 0.268. The van der Waals surface area contributed by atoms with Crippen LogP contribution in [0, 0.1) is 5.92 Å². The smallest absolute Gasteiger partial charge is 0.279 e. The summed E-state index contributed by atoms with van der Waals surface area (Å²) in [6.45, 7) is 1.87. The van der Waals surface area contributed by atoms with Gasteiger partial charge in [-0.25, -0.2) is 4.98 Å². The lowest BCUT2D eigenvalue weighted by atomic mass is 10.0. The van der Waals surface area contributed by atoms with E-state index in [2.05, 4.69) is 9.71 Å². The van der Waals surface area contributed by atoms with Gasteiger partial charge in [0.15, 0.2) is 0 Å². The zero-order chi connectivity index (χ0) is 13.0. The van der Waals surface area contributed by atoms with Crippen LogP contribution >= 0.6 is 11.3 Å². The van der Waals surface area contributed by atoms with Crippen LogP contribution < -0.4 is 10.5 Å². The third kappa shape index (κ3) is 3.48. The highest BCUT2D eigenvalue weighted by Crippen LogP contribution is 2.17. The summed E-state index contributed by atoms with van der Waals surface area (Å²) < 4.78 is 28.2. The predicted octanol–water partition coefficient (Wildman–Crippen LogP) is 0.148. The second-order valence-electron chi connectivity index (χ2n) is 4.41. The van der Waals surface area contributed by atoms with E-state index in [1.165, 1.54) is 15.6 Å². The number of nitrogens with zero attached hydrogens (tertiary/aromatic N) is 2. The summed E-state index contributed by atoms with van der Waals surface area (Å²) in [5.74, 6) is 0.273. The van der Waals surface area contributed by atoms with Crippen molar-refractivity contribution in [1.82, 2.24) is 14.0 Å². The Morgan fingerprint density at radius 3 is 3.11 bits per heavy atom. The van der Waals surface area contributed by atoms with Crippen molar-refractivity contribution in [3.8, 4) is 0 Å². The van der Waals surface area contributed by atoms with E-state index in [0.717, 1.165) is 18.5 Å². The second kappa shape index (κ2) is 6.07. The monoisotopic (exact) mass is 290 g/mol. The average molecular weight is 290 g/mol. The molecule has 0 aromatic carbocycles. The third-order valence-corrected chi connectivity index (χ3v) is 5.23. The van der Waals surface area contributed by atoms with Crippen molar-refractivity contribution in [2.45, 2.75) is 19.4 Å². The lowest BCUT2D eigenvalue weighted by Gasteiger charge is -2.31. The van der Waals surface area contributed by atoms with Gasteiger partial charge in [0.05, 0.1) is 17.7 Å². The zero-order valence-electron chi connectivity index (χ0n) is 10.1. The van der Waals surface area contributed by atoms with Crippen LogP contribution in [-0.2, 0) is 16.8 Å². The summed E-state index contributed by atoms with van der Waals surface area (Å²) in [6.07, 6.45) is 1.88. The van der Waals surface area contributed by atoms with Crippen LogP contribution in [0.1, 0.15) is 18.5 Å². The van der Waals surface area contributed by atoms with Crippen molar-refractivity contribution in [3.05, 3.63) is 16.6 Å². The Balaban J connectivity index is 1.93. The van der Waals surface area contributed by atoms with E-state index in [1.54, 1.807) is 5.51 Å². The summed E-state index contributed by atoms with van der Waals surface area (Å²) in [4.78, 5) is 4.05. The Hall–Kier alpha value is -0.540. The zero-order valence-corrected chi connectivity index (χ0v) is 11.7. The highest BCUT2D eigenvalue weighted by Gasteiger charge is 2.27. The number of aromatic nitrogens is 1. The first-order valence-corrected chi connectivity index (χ1v) is 8.32. The van der Waals surface area contributed by atoms with Gasteiger partial charge in [-0.15, -0.1) is 11.3 Å². The molecule has 0 radical (unpaired) electrons. The minimum absolute atomic E-state index is 0.246. The quantitative estimate of drug-likeness (QED) is 0.808. The summed E-state index contributed by atoms with van der Waals surface area (Å²) in [7, 11) is -3.41. The fourth-order valence-corrected chi connectivity index (χ4v) is 3.87. The van der Waals surface area contributed by atoms with E-state index < -0.39 is 10.2 Å². The molecule has 1 unspecified atom stereocenters. The van der Waals surface area contributed by atoms with Crippen molar-refractivity contribution < 1.29 is 8.42 Å². The molecule has 0 spiro atoms. The van der Waals surface area contributed by atoms with E-state index in [-0.39, 0.29) is 12.5 Å². The Morgan fingerprint density at radius 2 is 2.44 bits per heavy atom. The first-order valence-electron chi connectivity index (χ1n) is 5.93. The standard InChI is InChI=1S/C10H18N4O2S2/c11-4-9-2-1-3-14(6-9)18(15,16)13-5-10-7-17-8-12-10/h7-9,13H,1-6,11H2. The number of nitrogens with one attached hydrogen (secondary N) is 1. The molecule has 8 heteroatoms. The predicted molar refractivity (Wildman–Crippen MR) is 71.2 cm³/mol.